The highest BCUT2D eigenvalue weighted by atomic mass is 31.2. The molecule has 2 atom stereocenters. The minimum atomic E-state index is -4.38. The summed E-state index contributed by atoms with van der Waals surface area (Å²) in [5.74, 6) is -0.824. The van der Waals surface area contributed by atoms with Crippen LogP contribution in [0.15, 0.2) is 24.3 Å². The number of hydrogen-bond donors (Lipinski definition) is 2. The molecule has 0 heterocycles. The predicted octanol–water partition coefficient (Wildman–Crippen LogP) is 15.5. The van der Waals surface area contributed by atoms with Crippen LogP contribution < -0.4 is 5.73 Å². The first-order chi connectivity index (χ1) is 29.8. The van der Waals surface area contributed by atoms with E-state index in [1.54, 1.807) is 0 Å². The van der Waals surface area contributed by atoms with Crippen LogP contribution >= 0.6 is 7.82 Å². The van der Waals surface area contributed by atoms with E-state index in [1.807, 2.05) is 0 Å². The first-order valence-electron chi connectivity index (χ1n) is 25.8. The maximum atomic E-state index is 12.6. The molecule has 0 amide bonds. The Morgan fingerprint density at radius 1 is 0.492 bits per heavy atom. The molecule has 0 aromatic heterocycles. The Labute approximate surface area is 376 Å². The number of phosphoric ester groups is 1. The molecule has 0 rings (SSSR count). The lowest BCUT2D eigenvalue weighted by Crippen LogP contribution is -2.29. The third kappa shape index (κ3) is 47.8. The number of unbranched alkanes of at least 4 members (excludes halogenated alkanes) is 32. The summed E-state index contributed by atoms with van der Waals surface area (Å²) in [6.45, 7) is 3.76. The van der Waals surface area contributed by atoms with Crippen LogP contribution in [0.5, 0.6) is 0 Å². The second-order valence-corrected chi connectivity index (χ2v) is 18.9. The molecule has 10 heteroatoms. The summed E-state index contributed by atoms with van der Waals surface area (Å²) in [7, 11) is -4.38. The Balaban J connectivity index is 4.01. The van der Waals surface area contributed by atoms with Gasteiger partial charge in [-0.15, -0.1) is 0 Å². The molecular weight excluding hydrogens is 786 g/mol. The molecule has 0 fully saturated rings. The fourth-order valence-corrected chi connectivity index (χ4v) is 8.26. The van der Waals surface area contributed by atoms with Crippen molar-refractivity contribution in [3.63, 3.8) is 0 Å². The van der Waals surface area contributed by atoms with E-state index in [-0.39, 0.29) is 38.6 Å². The van der Waals surface area contributed by atoms with Gasteiger partial charge in [0.05, 0.1) is 13.2 Å². The summed E-state index contributed by atoms with van der Waals surface area (Å²) in [5, 5.41) is 0. The molecule has 360 valence electrons. The number of nitrogens with two attached hydrogens (primary N) is 1. The van der Waals surface area contributed by atoms with E-state index in [4.69, 9.17) is 24.3 Å². The fourth-order valence-electron chi connectivity index (χ4n) is 7.49. The molecule has 0 aliphatic rings. The zero-order valence-electron chi connectivity index (χ0n) is 39.9. The molecule has 0 saturated carbocycles. The topological polar surface area (TPSA) is 134 Å². The highest BCUT2D eigenvalue weighted by Gasteiger charge is 2.26. The zero-order valence-corrected chi connectivity index (χ0v) is 40.8. The van der Waals surface area contributed by atoms with Crippen molar-refractivity contribution in [2.45, 2.75) is 264 Å². The summed E-state index contributed by atoms with van der Waals surface area (Å²) in [6, 6.07) is 0. The molecule has 0 aromatic rings. The fraction of sp³-hybridized carbons (Fsp3) is 0.882. The van der Waals surface area contributed by atoms with Crippen molar-refractivity contribution in [2.75, 3.05) is 26.4 Å². The lowest BCUT2D eigenvalue weighted by atomic mass is 10.0. The van der Waals surface area contributed by atoms with E-state index in [0.717, 1.165) is 51.4 Å². The van der Waals surface area contributed by atoms with Gasteiger partial charge in [0, 0.05) is 19.4 Å². The van der Waals surface area contributed by atoms with Crippen molar-refractivity contribution >= 4 is 19.8 Å². The molecular formula is C51H98NO8P. The van der Waals surface area contributed by atoms with Crippen LogP contribution in [0.2, 0.25) is 0 Å². The Kier molecular flexibility index (Phi) is 46.8. The quantitative estimate of drug-likeness (QED) is 0.0265. The molecule has 2 unspecified atom stereocenters. The van der Waals surface area contributed by atoms with Crippen LogP contribution in [0.4, 0.5) is 0 Å². The third-order valence-electron chi connectivity index (χ3n) is 11.3. The molecule has 0 spiro atoms. The summed E-state index contributed by atoms with van der Waals surface area (Å²) in [6.07, 6.45) is 53.6. The van der Waals surface area contributed by atoms with Gasteiger partial charge in [-0.05, 0) is 44.9 Å². The number of carbonyl (C=O) groups excluding carboxylic acids is 2. The maximum Gasteiger partial charge on any atom is 0.472 e. The van der Waals surface area contributed by atoms with E-state index >= 15 is 0 Å². The molecule has 0 aliphatic heterocycles. The first-order valence-corrected chi connectivity index (χ1v) is 27.3. The molecule has 3 N–H and O–H groups in total. The van der Waals surface area contributed by atoms with Gasteiger partial charge >= 0.3 is 19.8 Å². The summed E-state index contributed by atoms with van der Waals surface area (Å²) in [4.78, 5) is 35.0. The zero-order chi connectivity index (χ0) is 44.6. The molecule has 0 radical (unpaired) electrons. The number of ether oxygens (including phenoxy) is 2. The van der Waals surface area contributed by atoms with Crippen molar-refractivity contribution in [1.29, 1.82) is 0 Å². The third-order valence-corrected chi connectivity index (χ3v) is 12.3. The highest BCUT2D eigenvalue weighted by Crippen LogP contribution is 2.43. The van der Waals surface area contributed by atoms with E-state index in [1.165, 1.54) is 173 Å². The number of carbonyl (C=O) groups is 2. The van der Waals surface area contributed by atoms with Gasteiger partial charge in [-0.25, -0.2) is 4.57 Å². The summed E-state index contributed by atoms with van der Waals surface area (Å²) in [5.41, 5.74) is 5.37. The van der Waals surface area contributed by atoms with Crippen molar-refractivity contribution in [2.24, 2.45) is 5.73 Å². The summed E-state index contributed by atoms with van der Waals surface area (Å²) < 4.78 is 32.9. The number of esters is 2. The van der Waals surface area contributed by atoms with Crippen molar-refractivity contribution in [3.8, 4) is 0 Å². The Morgan fingerprint density at radius 3 is 1.26 bits per heavy atom. The van der Waals surface area contributed by atoms with Crippen LogP contribution in [-0.2, 0) is 32.7 Å². The van der Waals surface area contributed by atoms with Gasteiger partial charge in [-0.3, -0.25) is 18.6 Å². The minimum Gasteiger partial charge on any atom is -0.462 e. The van der Waals surface area contributed by atoms with Crippen LogP contribution in [0.3, 0.4) is 0 Å². The van der Waals surface area contributed by atoms with Crippen LogP contribution in [0.25, 0.3) is 0 Å². The van der Waals surface area contributed by atoms with Gasteiger partial charge in [-0.1, -0.05) is 224 Å². The smallest absolute Gasteiger partial charge is 0.462 e. The van der Waals surface area contributed by atoms with E-state index in [2.05, 4.69) is 38.2 Å². The second kappa shape index (κ2) is 48.0. The van der Waals surface area contributed by atoms with Crippen LogP contribution in [0, 0.1) is 0 Å². The van der Waals surface area contributed by atoms with Gasteiger partial charge in [0.25, 0.3) is 0 Å². The number of rotatable bonds is 49. The number of allylic oxidation sites excluding steroid dienone is 4. The average molecular weight is 884 g/mol. The van der Waals surface area contributed by atoms with Gasteiger partial charge < -0.3 is 20.1 Å². The van der Waals surface area contributed by atoms with Crippen molar-refractivity contribution in [3.05, 3.63) is 24.3 Å². The van der Waals surface area contributed by atoms with E-state index in [9.17, 15) is 19.0 Å². The predicted molar refractivity (Wildman–Crippen MR) is 257 cm³/mol. The molecule has 0 aliphatic carbocycles. The Hall–Kier alpha value is -1.51. The molecule has 0 saturated heterocycles. The van der Waals surface area contributed by atoms with E-state index in [0.29, 0.717) is 6.42 Å². The van der Waals surface area contributed by atoms with Crippen molar-refractivity contribution in [1.82, 2.24) is 0 Å². The maximum absolute atomic E-state index is 12.6. The molecule has 61 heavy (non-hydrogen) atoms. The largest absolute Gasteiger partial charge is 0.472 e. The Morgan fingerprint density at radius 2 is 0.852 bits per heavy atom. The first kappa shape index (κ1) is 59.5. The SMILES string of the molecule is CCCCCC/C=C\C/C=C\CCCCCCCCCC(=O)OC(COC(=O)CCCCCCCCCCCCCCCCCCCCCCCC)COP(=O)(O)OCCN. The number of hydrogen-bond acceptors (Lipinski definition) is 8. The molecule has 0 aromatic carbocycles. The lowest BCUT2D eigenvalue weighted by Gasteiger charge is -2.19. The molecule has 0 bridgehead atoms. The van der Waals surface area contributed by atoms with Crippen molar-refractivity contribution < 1.29 is 37.6 Å². The van der Waals surface area contributed by atoms with Crippen LogP contribution in [-0.4, -0.2) is 49.3 Å². The van der Waals surface area contributed by atoms with Gasteiger partial charge in [0.1, 0.15) is 6.61 Å². The van der Waals surface area contributed by atoms with Crippen LogP contribution in [0.1, 0.15) is 258 Å². The average Bonchev–Trinajstić information content (AvgIpc) is 3.25. The molecule has 9 nitrogen and oxygen atoms in total. The standard InChI is InChI=1S/C51H98NO8P/c1-3-5-7-9-11-13-15-17-19-21-23-24-25-26-28-29-31-33-35-37-39-41-43-50(53)57-47-49(48-59-61(55,56)58-46-45-52)60-51(54)44-42-40-38-36-34-32-30-27-22-20-18-16-14-12-10-8-6-4-2/h14,16,20,22,49H,3-13,15,17-19,21,23-48,52H2,1-2H3,(H,55,56)/b16-14-,22-20-. The monoisotopic (exact) mass is 884 g/mol. The normalized spacial score (nSPS) is 13.3. The van der Waals surface area contributed by atoms with Gasteiger partial charge in [0.2, 0.25) is 0 Å². The van der Waals surface area contributed by atoms with E-state index < -0.39 is 26.5 Å². The second-order valence-electron chi connectivity index (χ2n) is 17.4. The lowest BCUT2D eigenvalue weighted by molar-refractivity contribution is -0.161. The summed E-state index contributed by atoms with van der Waals surface area (Å²) >= 11 is 0. The Bertz CT molecular complexity index is 1050. The minimum absolute atomic E-state index is 0.0538. The number of phosphoric acid groups is 1. The highest BCUT2D eigenvalue weighted by molar-refractivity contribution is 7.47. The van der Waals surface area contributed by atoms with Gasteiger partial charge in [-0.2, -0.15) is 0 Å². The van der Waals surface area contributed by atoms with Gasteiger partial charge in [0.15, 0.2) is 6.10 Å².